The predicted octanol–water partition coefficient (Wildman–Crippen LogP) is 7.79. The number of urea groups is 1. The molecule has 3 aromatic rings. The molecule has 3 amide bonds. The summed E-state index contributed by atoms with van der Waals surface area (Å²) in [6, 6.07) is 18.0. The van der Waals surface area contributed by atoms with Crippen molar-refractivity contribution in [2.45, 2.75) is 90.4 Å². The second kappa shape index (κ2) is 17.8. The lowest BCUT2D eigenvalue weighted by Gasteiger charge is -2.36. The molecule has 5 rings (SSSR count). The molecule has 9 heteroatoms. The minimum absolute atomic E-state index is 0.0192. The van der Waals surface area contributed by atoms with Crippen LogP contribution >= 0.6 is 0 Å². The third-order valence-electron chi connectivity index (χ3n) is 10.1. The number of aliphatic hydroxyl groups excluding tert-OH is 1. The van der Waals surface area contributed by atoms with Crippen LogP contribution in [-0.4, -0.2) is 85.0 Å². The van der Waals surface area contributed by atoms with E-state index in [9.17, 15) is 14.7 Å². The second-order valence-electron chi connectivity index (χ2n) is 14.3. The number of rotatable bonds is 8. The summed E-state index contributed by atoms with van der Waals surface area (Å²) in [4.78, 5) is 31.8. The summed E-state index contributed by atoms with van der Waals surface area (Å²) in [5, 5.41) is 18.1. The highest BCUT2D eigenvalue weighted by Gasteiger charge is 2.31. The molecule has 3 aromatic carbocycles. The number of hydrogen-bond acceptors (Lipinski definition) is 6. The normalized spacial score (nSPS) is 22.2. The first-order chi connectivity index (χ1) is 23.7. The number of carbonyl (C=O) groups is 2. The molecule has 266 valence electrons. The Morgan fingerprint density at radius 2 is 1.71 bits per heavy atom. The van der Waals surface area contributed by atoms with Gasteiger partial charge >= 0.3 is 6.03 Å². The first-order valence-corrected chi connectivity index (χ1v) is 18.3. The highest BCUT2D eigenvalue weighted by atomic mass is 16.5. The van der Waals surface area contributed by atoms with Crippen LogP contribution < -0.4 is 15.4 Å². The average molecular weight is 673 g/mol. The average Bonchev–Trinajstić information content (AvgIpc) is 3.10. The molecule has 1 aliphatic carbocycles. The van der Waals surface area contributed by atoms with Gasteiger partial charge in [0.15, 0.2) is 0 Å². The molecule has 0 aromatic heterocycles. The molecular formula is C40H56N4O5. The molecule has 0 unspecified atom stereocenters. The molecule has 0 bridgehead atoms. The van der Waals surface area contributed by atoms with Crippen LogP contribution in [0.3, 0.4) is 0 Å². The minimum Gasteiger partial charge on any atom is -0.490 e. The van der Waals surface area contributed by atoms with Crippen molar-refractivity contribution in [1.82, 2.24) is 9.80 Å². The maximum absolute atomic E-state index is 14.5. The fraction of sp³-hybridized carbons (Fsp3) is 0.550. The number of carbonyl (C=O) groups excluding carboxylic acids is 2. The van der Waals surface area contributed by atoms with E-state index in [2.05, 4.69) is 29.5 Å². The lowest BCUT2D eigenvalue weighted by molar-refractivity contribution is -0.0190. The summed E-state index contributed by atoms with van der Waals surface area (Å²) in [5.41, 5.74) is 1.52. The topological polar surface area (TPSA) is 103 Å². The molecular weight excluding hydrogens is 616 g/mol. The van der Waals surface area contributed by atoms with Crippen LogP contribution in [0.15, 0.2) is 60.7 Å². The Morgan fingerprint density at radius 3 is 2.51 bits per heavy atom. The molecule has 1 heterocycles. The van der Waals surface area contributed by atoms with Gasteiger partial charge in [0.25, 0.3) is 5.91 Å². The Kier molecular flexibility index (Phi) is 13.3. The van der Waals surface area contributed by atoms with Crippen molar-refractivity contribution < 1.29 is 24.2 Å². The van der Waals surface area contributed by atoms with Crippen molar-refractivity contribution in [3.8, 4) is 5.75 Å². The van der Waals surface area contributed by atoms with E-state index in [-0.39, 0.29) is 30.6 Å². The highest BCUT2D eigenvalue weighted by molar-refractivity contribution is 6.07. The zero-order valence-electron chi connectivity index (χ0n) is 29.8. The quantitative estimate of drug-likeness (QED) is 0.226. The third-order valence-corrected chi connectivity index (χ3v) is 10.1. The lowest BCUT2D eigenvalue weighted by atomic mass is 9.89. The maximum Gasteiger partial charge on any atom is 0.323 e. The molecule has 4 atom stereocenters. The van der Waals surface area contributed by atoms with E-state index >= 15 is 0 Å². The van der Waals surface area contributed by atoms with E-state index < -0.39 is 12.1 Å². The van der Waals surface area contributed by atoms with Crippen LogP contribution in [0.2, 0.25) is 0 Å². The van der Waals surface area contributed by atoms with E-state index in [4.69, 9.17) is 9.47 Å². The van der Waals surface area contributed by atoms with E-state index in [0.29, 0.717) is 35.8 Å². The number of fused-ring (bicyclic) bond motifs is 2. The van der Waals surface area contributed by atoms with Gasteiger partial charge in [-0.2, -0.15) is 0 Å². The second-order valence-corrected chi connectivity index (χ2v) is 14.3. The molecule has 1 saturated carbocycles. The lowest BCUT2D eigenvalue weighted by Crippen LogP contribution is -2.47. The molecule has 2 aliphatic rings. The molecule has 0 radical (unpaired) electrons. The molecule has 0 saturated heterocycles. The Morgan fingerprint density at radius 1 is 0.959 bits per heavy atom. The first kappa shape index (κ1) is 36.6. The van der Waals surface area contributed by atoms with Crippen LogP contribution in [-0.2, 0) is 4.74 Å². The Labute approximate surface area is 292 Å². The monoisotopic (exact) mass is 672 g/mol. The fourth-order valence-electron chi connectivity index (χ4n) is 7.27. The molecule has 9 nitrogen and oxygen atoms in total. The molecule has 0 spiro atoms. The number of amides is 3. The van der Waals surface area contributed by atoms with Gasteiger partial charge in [-0.3, -0.25) is 4.79 Å². The van der Waals surface area contributed by atoms with Gasteiger partial charge in [0.2, 0.25) is 0 Å². The standard InChI is InChI=1S/C40H56N4O5/c1-28-24-44(29(2)27-45)39(46)35-23-33(41-40(47)42-36-19-12-17-32-16-8-9-18-34(32)36)20-21-37(35)49-30(3)13-10-11-22-48-38(28)26-43(4)25-31-14-6-5-7-15-31/h8-9,12,16-21,23,28-31,38,45H,5-7,10-11,13-15,22,24-27H2,1-4H3,(H2,41,42,47)/t28-,29+,30+,38+/m0/s1. The van der Waals surface area contributed by atoms with Gasteiger partial charge in [-0.05, 0) is 88.6 Å². The minimum atomic E-state index is -0.431. The zero-order chi connectivity index (χ0) is 34.8. The van der Waals surface area contributed by atoms with Crippen molar-refractivity contribution >= 4 is 34.1 Å². The summed E-state index contributed by atoms with van der Waals surface area (Å²) in [7, 11) is 2.19. The number of aliphatic hydroxyl groups is 1. The van der Waals surface area contributed by atoms with Crippen LogP contribution in [0, 0.1) is 11.8 Å². The summed E-state index contributed by atoms with van der Waals surface area (Å²) in [6.45, 7) is 8.78. The van der Waals surface area contributed by atoms with Crippen molar-refractivity contribution in [2.75, 3.05) is 50.5 Å². The van der Waals surface area contributed by atoms with Crippen molar-refractivity contribution in [3.63, 3.8) is 0 Å². The zero-order valence-corrected chi connectivity index (χ0v) is 29.8. The highest BCUT2D eigenvalue weighted by Crippen LogP contribution is 2.30. The summed E-state index contributed by atoms with van der Waals surface area (Å²) < 4.78 is 12.9. The third kappa shape index (κ3) is 10.2. The van der Waals surface area contributed by atoms with Gasteiger partial charge < -0.3 is 35.0 Å². The van der Waals surface area contributed by atoms with E-state index in [1.54, 1.807) is 23.1 Å². The van der Waals surface area contributed by atoms with E-state index in [1.165, 1.54) is 32.1 Å². The number of ether oxygens (including phenoxy) is 2. The summed E-state index contributed by atoms with van der Waals surface area (Å²) in [6.07, 6.45) is 9.10. The van der Waals surface area contributed by atoms with Crippen LogP contribution in [0.5, 0.6) is 5.75 Å². The first-order valence-electron chi connectivity index (χ1n) is 18.3. The maximum atomic E-state index is 14.5. The molecule has 1 fully saturated rings. The van der Waals surface area contributed by atoms with Gasteiger partial charge in [-0.15, -0.1) is 0 Å². The number of anilines is 2. The van der Waals surface area contributed by atoms with Gasteiger partial charge in [0, 0.05) is 43.2 Å². The molecule has 3 N–H and O–H groups in total. The summed E-state index contributed by atoms with van der Waals surface area (Å²) in [5.74, 6) is 0.971. The molecule has 1 aliphatic heterocycles. The van der Waals surface area contributed by atoms with Gasteiger partial charge in [-0.1, -0.05) is 62.6 Å². The Hall–Kier alpha value is -3.66. The Balaban J connectivity index is 1.37. The van der Waals surface area contributed by atoms with Crippen LogP contribution in [0.1, 0.15) is 82.5 Å². The largest absolute Gasteiger partial charge is 0.490 e. The summed E-state index contributed by atoms with van der Waals surface area (Å²) >= 11 is 0. The Bertz CT molecular complexity index is 1520. The van der Waals surface area contributed by atoms with Crippen molar-refractivity contribution in [1.29, 1.82) is 0 Å². The number of nitrogens with zero attached hydrogens (tertiary/aromatic N) is 2. The van der Waals surface area contributed by atoms with Crippen molar-refractivity contribution in [3.05, 3.63) is 66.2 Å². The van der Waals surface area contributed by atoms with Crippen molar-refractivity contribution in [2.24, 2.45) is 11.8 Å². The predicted molar refractivity (Wildman–Crippen MR) is 198 cm³/mol. The van der Waals surface area contributed by atoms with Gasteiger partial charge in [0.1, 0.15) is 5.75 Å². The van der Waals surface area contributed by atoms with Crippen LogP contribution in [0.25, 0.3) is 10.8 Å². The van der Waals surface area contributed by atoms with Crippen LogP contribution in [0.4, 0.5) is 16.2 Å². The smallest absolute Gasteiger partial charge is 0.323 e. The number of nitrogens with one attached hydrogen (secondary N) is 2. The number of likely N-dealkylation sites (N-methyl/N-ethyl adjacent to an activating group) is 1. The van der Waals surface area contributed by atoms with Gasteiger partial charge in [0.05, 0.1) is 36.1 Å². The SMILES string of the molecule is C[C@@H]1CCCCO[C@H](CN(C)CC2CCCCC2)[C@@H](C)CN([C@H](C)CO)C(=O)c2cc(NC(=O)Nc3cccc4ccccc34)ccc2O1. The fourth-order valence-corrected chi connectivity index (χ4v) is 7.27. The number of benzene rings is 3. The van der Waals surface area contributed by atoms with E-state index in [0.717, 1.165) is 49.0 Å². The number of hydrogen-bond donors (Lipinski definition) is 3. The van der Waals surface area contributed by atoms with Gasteiger partial charge in [-0.25, -0.2) is 4.79 Å². The van der Waals surface area contributed by atoms with E-state index in [1.807, 2.05) is 56.3 Å². The molecule has 49 heavy (non-hydrogen) atoms.